The molecule has 2 aromatic heterocycles. The fraction of sp³-hybridized carbons (Fsp3) is 0.286. The average molecular weight is 1170 g/mol. The fourth-order valence-corrected chi connectivity index (χ4v) is 9.89. The van der Waals surface area contributed by atoms with E-state index in [2.05, 4.69) is 83.6 Å². The van der Waals surface area contributed by atoms with Crippen molar-refractivity contribution in [2.45, 2.75) is 114 Å². The number of carboxylic acids is 2. The number of nitrogens with one attached hydrogen (secondary N) is 6. The van der Waals surface area contributed by atoms with Crippen LogP contribution in [0.4, 0.5) is 0 Å². The van der Waals surface area contributed by atoms with Crippen molar-refractivity contribution >= 4 is 64.2 Å². The summed E-state index contributed by atoms with van der Waals surface area (Å²) in [5, 5.41) is 56.7. The van der Waals surface area contributed by atoms with E-state index in [1.54, 1.807) is 52.1 Å². The zero-order valence-electron chi connectivity index (χ0n) is 47.1. The highest BCUT2D eigenvalue weighted by atomic mass is 16.4. The Balaban J connectivity index is 1.04. The first-order valence-electron chi connectivity index (χ1n) is 28.2. The average Bonchev–Trinajstić information content (AvgIpc) is 3.86. The van der Waals surface area contributed by atoms with Gasteiger partial charge in [0.2, 0.25) is 29.5 Å². The second-order valence-electron chi connectivity index (χ2n) is 20.9. The molecule has 5 amide bonds. The van der Waals surface area contributed by atoms with Crippen LogP contribution in [-0.2, 0) is 70.8 Å². The molecule has 3 heterocycles. The number of amides is 5. The number of ketones is 1. The van der Waals surface area contributed by atoms with Gasteiger partial charge in [0.15, 0.2) is 5.78 Å². The number of carbonyl (C=O) groups is 8. The number of aromatic nitrogens is 6. The largest absolute Gasteiger partial charge is 0.481 e. The van der Waals surface area contributed by atoms with Gasteiger partial charge in [0.05, 0.1) is 56.2 Å². The Bertz CT molecular complexity index is 3550. The number of aliphatic carboxylic acids is 2. The molecule has 0 saturated carbocycles. The van der Waals surface area contributed by atoms with Crippen molar-refractivity contribution in [2.24, 2.45) is 5.73 Å². The molecule has 0 bridgehead atoms. The van der Waals surface area contributed by atoms with Gasteiger partial charge in [-0.15, -0.1) is 10.2 Å². The molecule has 8 rings (SSSR count). The number of nitrogens with zero attached hydrogens (tertiary/aromatic N) is 6. The van der Waals surface area contributed by atoms with Crippen molar-refractivity contribution in [1.29, 1.82) is 5.41 Å². The minimum atomic E-state index is -1.60. The molecule has 23 heteroatoms. The maximum absolute atomic E-state index is 14.5. The van der Waals surface area contributed by atoms with Crippen molar-refractivity contribution < 1.29 is 48.6 Å². The topological polar surface area (TPSA) is 348 Å². The minimum absolute atomic E-state index is 0.0434. The van der Waals surface area contributed by atoms with Crippen LogP contribution in [0.1, 0.15) is 108 Å². The normalized spacial score (nSPS) is 17.1. The molecule has 7 aromatic rings. The molecule has 1 fully saturated rings. The molecule has 23 nitrogen and oxygen atoms in total. The highest BCUT2D eigenvalue weighted by Gasteiger charge is 2.34. The first kappa shape index (κ1) is 61.6. The van der Waals surface area contributed by atoms with E-state index >= 15 is 0 Å². The summed E-state index contributed by atoms with van der Waals surface area (Å²) in [6.07, 6.45) is 2.31. The Morgan fingerprint density at radius 1 is 0.535 bits per heavy atom. The molecule has 1 saturated heterocycles. The van der Waals surface area contributed by atoms with Gasteiger partial charge in [0, 0.05) is 44.7 Å². The van der Waals surface area contributed by atoms with E-state index in [1.165, 1.54) is 0 Å². The summed E-state index contributed by atoms with van der Waals surface area (Å²) < 4.78 is 3.26. The summed E-state index contributed by atoms with van der Waals surface area (Å²) in [7, 11) is 0. The van der Waals surface area contributed by atoms with Crippen molar-refractivity contribution in [3.05, 3.63) is 202 Å². The first-order valence-corrected chi connectivity index (χ1v) is 28.2. The molecule has 1 aliphatic heterocycles. The zero-order chi connectivity index (χ0) is 61.0. The van der Waals surface area contributed by atoms with Crippen LogP contribution in [0.3, 0.4) is 0 Å². The van der Waals surface area contributed by atoms with Gasteiger partial charge < -0.3 is 42.5 Å². The lowest BCUT2D eigenvalue weighted by Crippen LogP contribution is -2.58. The number of Topliss-reactive ketones (excluding diaryl/α,β-unsaturated/α-hetero) is 1. The second kappa shape index (κ2) is 30.2. The molecule has 86 heavy (non-hydrogen) atoms. The van der Waals surface area contributed by atoms with Crippen LogP contribution in [0.25, 0.3) is 11.1 Å². The Hall–Kier alpha value is -10.5. The summed E-state index contributed by atoms with van der Waals surface area (Å²) in [5.41, 5.74) is 14.7. The summed E-state index contributed by atoms with van der Waals surface area (Å²) in [6.45, 7) is 0.782. The minimum Gasteiger partial charge on any atom is -0.481 e. The summed E-state index contributed by atoms with van der Waals surface area (Å²) in [6, 6.07) is 39.7. The van der Waals surface area contributed by atoms with Gasteiger partial charge in [-0.3, -0.25) is 43.8 Å². The number of benzene rings is 5. The van der Waals surface area contributed by atoms with Gasteiger partial charge in [0.25, 0.3) is 0 Å². The zero-order valence-corrected chi connectivity index (χ0v) is 47.1. The molecule has 0 unspecified atom stereocenters. The number of amidine groups is 1. The first-order chi connectivity index (χ1) is 41.5. The Labute approximate surface area is 495 Å². The number of nitrogens with two attached hydrogens (primary N) is 1. The summed E-state index contributed by atoms with van der Waals surface area (Å²) in [4.78, 5) is 104. The van der Waals surface area contributed by atoms with Crippen molar-refractivity contribution in [3.8, 4) is 0 Å². The molecule has 4 atom stereocenters. The maximum atomic E-state index is 14.5. The van der Waals surface area contributed by atoms with Crippen LogP contribution in [0.15, 0.2) is 152 Å². The Morgan fingerprint density at radius 3 is 1.56 bits per heavy atom. The third-order valence-electron chi connectivity index (χ3n) is 14.2. The van der Waals surface area contributed by atoms with Gasteiger partial charge in [-0.05, 0) is 62.9 Å². The van der Waals surface area contributed by atoms with Crippen LogP contribution >= 0.6 is 0 Å². The van der Waals surface area contributed by atoms with E-state index in [0.29, 0.717) is 36.3 Å². The SMILES string of the molecule is N=C(N)CCCC[C@@H]1NC(=O)[C@H](Cc2cn(Cc3ccc(/C(=C(\c4ccccc4)c4ccc(Cn5cc(CNC(=O)CCC(=O)O)nn5)cc4)c4ccccc4)cc3)nn2)NC(=O)[C@@H](Cc2ccccc2)NC(=O)[C@H](CC(=O)O)NC(=O)CCC1=O. The van der Waals surface area contributed by atoms with Gasteiger partial charge in [-0.25, -0.2) is 9.36 Å². The lowest BCUT2D eigenvalue weighted by atomic mass is 9.85. The van der Waals surface area contributed by atoms with E-state index in [0.717, 1.165) is 44.5 Å². The second-order valence-corrected chi connectivity index (χ2v) is 20.9. The van der Waals surface area contributed by atoms with E-state index in [4.69, 9.17) is 16.2 Å². The standard InChI is InChI=1S/C63H67N13O10/c64-54(65)19-11-10-18-49-53(77)28-29-56(79)67-52(34-58(82)83)63(86)69-50(32-40-12-4-1-5-13-40)61(84)70-51(62(85)68-49)33-47-38-75(73-71-47)36-41-20-24-45(25-21-41)59(43-14-6-2-7-15-43)60(44-16-8-3-9-17-44)46-26-22-42(23-27-46)37-76-39-48(72-74-76)35-66-55(78)30-31-57(80)81/h1-9,12-17,20-27,38-39,49-52H,10-11,18-19,28-37H2,(H3,64,65)(H,66,78)(H,67,79)(H,68,85)(H,69,86)(H,70,84)(H,80,81)(H,82,83)/b60-59+/t49-,50+,51-,52-/m0/s1. The number of carbonyl (C=O) groups excluding carboxylic acids is 6. The van der Waals surface area contributed by atoms with Gasteiger partial charge >= 0.3 is 11.9 Å². The lowest BCUT2D eigenvalue weighted by Gasteiger charge is -2.25. The van der Waals surface area contributed by atoms with Gasteiger partial charge in [0.1, 0.15) is 23.8 Å². The quantitative estimate of drug-likeness (QED) is 0.0174. The molecule has 0 radical (unpaired) electrons. The van der Waals surface area contributed by atoms with E-state index in [-0.39, 0.29) is 69.8 Å². The van der Waals surface area contributed by atoms with Crippen LogP contribution in [-0.4, -0.2) is 117 Å². The molecule has 5 aromatic carbocycles. The number of unbranched alkanes of at least 4 members (excludes halogenated alkanes) is 1. The third-order valence-corrected chi connectivity index (χ3v) is 14.2. The number of carboxylic acid groups (broad SMARTS) is 2. The summed E-state index contributed by atoms with van der Waals surface area (Å²) >= 11 is 0. The Morgan fingerprint density at radius 2 is 1.02 bits per heavy atom. The number of rotatable bonds is 24. The fourth-order valence-electron chi connectivity index (χ4n) is 9.89. The molecule has 10 N–H and O–H groups in total. The third kappa shape index (κ3) is 18.3. The van der Waals surface area contributed by atoms with Crippen LogP contribution in [0, 0.1) is 5.41 Å². The molecule has 0 spiro atoms. The predicted molar refractivity (Wildman–Crippen MR) is 316 cm³/mol. The van der Waals surface area contributed by atoms with Crippen molar-refractivity contribution in [3.63, 3.8) is 0 Å². The van der Waals surface area contributed by atoms with Crippen LogP contribution in [0.5, 0.6) is 0 Å². The molecular weight excluding hydrogens is 1100 g/mol. The summed E-state index contributed by atoms with van der Waals surface area (Å²) in [5.74, 6) is -6.66. The van der Waals surface area contributed by atoms with E-state index < -0.39 is 78.4 Å². The number of hydrogen-bond donors (Lipinski definition) is 9. The molecule has 444 valence electrons. The van der Waals surface area contributed by atoms with Gasteiger partial charge in [-0.1, -0.05) is 156 Å². The molecule has 1 aliphatic rings. The molecular formula is C63H67N13O10. The van der Waals surface area contributed by atoms with E-state index in [1.807, 2.05) is 72.8 Å². The number of hydrogen-bond acceptors (Lipinski definition) is 13. The van der Waals surface area contributed by atoms with Gasteiger partial charge in [-0.2, -0.15) is 0 Å². The smallest absolute Gasteiger partial charge is 0.305 e. The Kier molecular flexibility index (Phi) is 21.6. The van der Waals surface area contributed by atoms with Crippen LogP contribution in [0.2, 0.25) is 0 Å². The van der Waals surface area contributed by atoms with Crippen molar-refractivity contribution in [1.82, 2.24) is 56.6 Å². The maximum Gasteiger partial charge on any atom is 0.305 e. The highest BCUT2D eigenvalue weighted by molar-refractivity contribution is 6.05. The van der Waals surface area contributed by atoms with E-state index in [9.17, 15) is 43.5 Å². The van der Waals surface area contributed by atoms with Crippen LogP contribution < -0.4 is 32.3 Å². The lowest BCUT2D eigenvalue weighted by molar-refractivity contribution is -0.141. The monoisotopic (exact) mass is 1170 g/mol. The van der Waals surface area contributed by atoms with Crippen molar-refractivity contribution in [2.75, 3.05) is 0 Å². The highest BCUT2D eigenvalue weighted by Crippen LogP contribution is 2.37. The predicted octanol–water partition coefficient (Wildman–Crippen LogP) is 4.51. The molecule has 0 aliphatic carbocycles.